The van der Waals surface area contributed by atoms with Gasteiger partial charge in [0.15, 0.2) is 0 Å². The lowest BCUT2D eigenvalue weighted by Gasteiger charge is -2.22. The van der Waals surface area contributed by atoms with Crippen LogP contribution in [0.2, 0.25) is 0 Å². The fraction of sp³-hybridized carbons (Fsp3) is 0.714. The van der Waals surface area contributed by atoms with Crippen molar-refractivity contribution in [1.29, 1.82) is 0 Å². The molecule has 0 N–H and O–H groups in total. The van der Waals surface area contributed by atoms with Gasteiger partial charge >= 0.3 is 0 Å². The van der Waals surface area contributed by atoms with Crippen molar-refractivity contribution in [3.05, 3.63) is 24.8 Å². The van der Waals surface area contributed by atoms with Crippen molar-refractivity contribution in [3.63, 3.8) is 0 Å². The molecule has 0 saturated carbocycles. The number of nitrogens with zero attached hydrogens (tertiary/aromatic N) is 1. The first-order valence-electron chi connectivity index (χ1n) is 6.42. The van der Waals surface area contributed by atoms with Crippen LogP contribution in [0.3, 0.4) is 0 Å². The molecule has 0 saturated heterocycles. The second-order valence-electron chi connectivity index (χ2n) is 3.85. The summed E-state index contributed by atoms with van der Waals surface area (Å²) in [4.78, 5) is 2.56. The van der Waals surface area contributed by atoms with E-state index < -0.39 is 0 Å². The normalized spacial score (nSPS) is 10.8. The Labute approximate surface area is 116 Å². The second-order valence-corrected chi connectivity index (χ2v) is 6.64. The van der Waals surface area contributed by atoms with E-state index in [1.54, 1.807) is 0 Å². The summed E-state index contributed by atoms with van der Waals surface area (Å²) >= 11 is 4.05. The summed E-state index contributed by atoms with van der Waals surface area (Å²) in [6.45, 7) is 15.7. The summed E-state index contributed by atoms with van der Waals surface area (Å²) in [7, 11) is 0. The number of hydrogen-bond donors (Lipinski definition) is 0. The Kier molecular flexibility index (Phi) is 12.7. The van der Waals surface area contributed by atoms with Crippen LogP contribution in [0.25, 0.3) is 0 Å². The summed E-state index contributed by atoms with van der Waals surface area (Å²) < 4.78 is 0. The van der Waals surface area contributed by atoms with Gasteiger partial charge in [-0.05, 0) is 17.9 Å². The molecule has 0 aromatic carbocycles. The van der Waals surface area contributed by atoms with Crippen molar-refractivity contribution in [2.24, 2.45) is 0 Å². The van der Waals surface area contributed by atoms with E-state index in [1.165, 1.54) is 36.1 Å². The molecule has 3 heteroatoms. The van der Waals surface area contributed by atoms with E-state index in [0.717, 1.165) is 18.5 Å². The Morgan fingerprint density at radius 2 is 1.59 bits per heavy atom. The lowest BCUT2D eigenvalue weighted by atomic mass is 10.2. The maximum atomic E-state index is 3.98. The Bertz CT molecular complexity index is 194. The van der Waals surface area contributed by atoms with E-state index in [2.05, 4.69) is 31.9 Å². The van der Waals surface area contributed by atoms with Gasteiger partial charge in [-0.3, -0.25) is 0 Å². The maximum absolute atomic E-state index is 3.98. The van der Waals surface area contributed by atoms with Crippen molar-refractivity contribution in [3.8, 4) is 0 Å². The first-order valence-corrected chi connectivity index (χ1v) is 8.73. The lowest BCUT2D eigenvalue weighted by Crippen LogP contribution is -2.30. The molecular formula is C14H27NS2. The van der Waals surface area contributed by atoms with Crippen molar-refractivity contribution in [2.45, 2.75) is 20.3 Å². The predicted octanol–water partition coefficient (Wildman–Crippen LogP) is 3.93. The minimum absolute atomic E-state index is 1.05. The number of thioether (sulfide) groups is 2. The first kappa shape index (κ1) is 17.1. The molecule has 1 nitrogen and oxygen atoms in total. The minimum atomic E-state index is 1.05. The van der Waals surface area contributed by atoms with Gasteiger partial charge in [-0.15, -0.1) is 0 Å². The molecule has 0 rings (SSSR count). The van der Waals surface area contributed by atoms with Gasteiger partial charge in [0.05, 0.1) is 0 Å². The smallest absolute Gasteiger partial charge is 0.00728 e. The highest BCUT2D eigenvalue weighted by molar-refractivity contribution is 7.99. The molecule has 100 valence electrons. The monoisotopic (exact) mass is 273 g/mol. The highest BCUT2D eigenvalue weighted by Gasteiger charge is 2.04. The van der Waals surface area contributed by atoms with Crippen molar-refractivity contribution >= 4 is 23.5 Å². The van der Waals surface area contributed by atoms with Crippen LogP contribution in [-0.4, -0.2) is 47.5 Å². The minimum Gasteiger partial charge on any atom is -0.301 e. The molecule has 0 aliphatic heterocycles. The third-order valence-corrected chi connectivity index (χ3v) is 4.31. The van der Waals surface area contributed by atoms with Crippen molar-refractivity contribution < 1.29 is 0 Å². The van der Waals surface area contributed by atoms with Crippen LogP contribution in [0.1, 0.15) is 20.3 Å². The van der Waals surface area contributed by atoms with E-state index >= 15 is 0 Å². The van der Waals surface area contributed by atoms with Crippen molar-refractivity contribution in [2.75, 3.05) is 42.6 Å². The second kappa shape index (κ2) is 12.6. The van der Waals surface area contributed by atoms with E-state index in [0.29, 0.717) is 0 Å². The van der Waals surface area contributed by atoms with Gasteiger partial charge in [0.1, 0.15) is 0 Å². The zero-order valence-corrected chi connectivity index (χ0v) is 13.0. The molecule has 0 atom stereocenters. The fourth-order valence-electron chi connectivity index (χ4n) is 1.42. The van der Waals surface area contributed by atoms with Gasteiger partial charge in [-0.1, -0.05) is 38.7 Å². The van der Waals surface area contributed by atoms with Gasteiger partial charge in [0, 0.05) is 31.1 Å². The Morgan fingerprint density at radius 3 is 2.00 bits per heavy atom. The van der Waals surface area contributed by atoms with Gasteiger partial charge < -0.3 is 4.90 Å². The summed E-state index contributed by atoms with van der Waals surface area (Å²) in [5.74, 6) is 4.93. The molecule has 0 aliphatic rings. The van der Waals surface area contributed by atoms with Crippen LogP contribution in [0.5, 0.6) is 0 Å². The molecule has 0 amide bonds. The Morgan fingerprint density at radius 1 is 1.06 bits per heavy atom. The highest BCUT2D eigenvalue weighted by atomic mass is 32.2. The molecular weight excluding hydrogens is 246 g/mol. The fourth-order valence-corrected chi connectivity index (χ4v) is 2.77. The molecule has 0 aromatic heterocycles. The average molecular weight is 274 g/mol. The summed E-state index contributed by atoms with van der Waals surface area (Å²) in [6, 6.07) is 0. The number of hydrogen-bond acceptors (Lipinski definition) is 3. The summed E-state index contributed by atoms with van der Waals surface area (Å²) in [6.07, 6.45) is 2.93. The number of allylic oxidation sites excluding steroid dienone is 1. The Balaban J connectivity index is 3.82. The summed E-state index contributed by atoms with van der Waals surface area (Å²) in [5.41, 5.74) is 1.15. The maximum Gasteiger partial charge on any atom is 0.00728 e. The standard InChI is InChI=1S/C14H27NS2/c1-5-14(4)8-9-15(10-12-16-6-2)11-13-17-7-3/h5H,1,4,6-13H2,2-3H3. The molecule has 0 radical (unpaired) electrons. The Hall–Kier alpha value is 0.140. The van der Waals surface area contributed by atoms with E-state index in [4.69, 9.17) is 0 Å². The quantitative estimate of drug-likeness (QED) is 0.392. The van der Waals surface area contributed by atoms with Crippen LogP contribution < -0.4 is 0 Å². The molecule has 0 heterocycles. The van der Waals surface area contributed by atoms with E-state index in [9.17, 15) is 0 Å². The topological polar surface area (TPSA) is 3.24 Å². The zero-order chi connectivity index (χ0) is 12.9. The van der Waals surface area contributed by atoms with E-state index in [-0.39, 0.29) is 0 Å². The third kappa shape index (κ3) is 11.0. The van der Waals surface area contributed by atoms with Gasteiger partial charge in [-0.25, -0.2) is 0 Å². The average Bonchev–Trinajstić information content (AvgIpc) is 2.35. The zero-order valence-electron chi connectivity index (χ0n) is 11.4. The predicted molar refractivity (Wildman–Crippen MR) is 86.4 cm³/mol. The third-order valence-electron chi connectivity index (χ3n) is 2.55. The van der Waals surface area contributed by atoms with Crippen molar-refractivity contribution in [1.82, 2.24) is 4.90 Å². The van der Waals surface area contributed by atoms with Crippen LogP contribution in [0, 0.1) is 0 Å². The molecule has 0 bridgehead atoms. The van der Waals surface area contributed by atoms with Crippen LogP contribution in [-0.2, 0) is 0 Å². The van der Waals surface area contributed by atoms with Crippen LogP contribution >= 0.6 is 23.5 Å². The SMILES string of the molecule is C=CC(=C)CCN(CCSCC)CCSCC. The molecule has 17 heavy (non-hydrogen) atoms. The number of rotatable bonds is 12. The molecule has 0 aliphatic carbocycles. The first-order chi connectivity index (χ1) is 8.24. The summed E-state index contributed by atoms with van der Waals surface area (Å²) in [5, 5.41) is 0. The molecule has 0 spiro atoms. The highest BCUT2D eigenvalue weighted by Crippen LogP contribution is 2.07. The van der Waals surface area contributed by atoms with Gasteiger partial charge in [0.25, 0.3) is 0 Å². The lowest BCUT2D eigenvalue weighted by molar-refractivity contribution is 0.314. The molecule has 0 aromatic rings. The van der Waals surface area contributed by atoms with Crippen LogP contribution in [0.4, 0.5) is 0 Å². The largest absolute Gasteiger partial charge is 0.301 e. The molecule has 0 fully saturated rings. The van der Waals surface area contributed by atoms with E-state index in [1.807, 2.05) is 29.6 Å². The van der Waals surface area contributed by atoms with Gasteiger partial charge in [0.2, 0.25) is 0 Å². The van der Waals surface area contributed by atoms with Gasteiger partial charge in [-0.2, -0.15) is 23.5 Å². The van der Waals surface area contributed by atoms with Crippen LogP contribution in [0.15, 0.2) is 24.8 Å². The molecule has 0 unspecified atom stereocenters.